The molecule has 1 fully saturated rings. The molecule has 2 unspecified atom stereocenters. The number of anilines is 2. The van der Waals surface area contributed by atoms with Crippen molar-refractivity contribution in [3.8, 4) is 0 Å². The summed E-state index contributed by atoms with van der Waals surface area (Å²) in [6.07, 6.45) is 10.8. The summed E-state index contributed by atoms with van der Waals surface area (Å²) in [5, 5.41) is 0.585. The van der Waals surface area contributed by atoms with Gasteiger partial charge in [0.15, 0.2) is 6.23 Å². The number of nitrogens with two attached hydrogens (primary N) is 2. The minimum absolute atomic E-state index is 0.193. The van der Waals surface area contributed by atoms with E-state index in [1.807, 2.05) is 29.4 Å². The molecule has 4 N–H and O–H groups in total. The van der Waals surface area contributed by atoms with Gasteiger partial charge < -0.3 is 20.3 Å². The highest BCUT2D eigenvalue weighted by Crippen LogP contribution is 2.39. The van der Waals surface area contributed by atoms with E-state index in [-0.39, 0.29) is 6.04 Å². The van der Waals surface area contributed by atoms with E-state index in [9.17, 15) is 0 Å². The molecular weight excluding hydrogens is 326 g/mol. The number of ether oxygens (including phenoxy) is 1. The number of allylic oxidation sites excluding steroid dienone is 2. The Bertz CT molecular complexity index is 744. The van der Waals surface area contributed by atoms with Crippen molar-refractivity contribution in [3.63, 3.8) is 0 Å². The zero-order valence-corrected chi connectivity index (χ0v) is 14.0. The monoisotopic (exact) mass is 345 g/mol. The molecule has 0 aliphatic carbocycles. The Balaban J connectivity index is 1.74. The second-order valence-electron chi connectivity index (χ2n) is 6.24. The first-order chi connectivity index (χ1) is 11.6. The predicted molar refractivity (Wildman–Crippen MR) is 95.3 cm³/mol. The average Bonchev–Trinajstić information content (AvgIpc) is 2.94. The van der Waals surface area contributed by atoms with Gasteiger partial charge in [-0.2, -0.15) is 0 Å². The maximum Gasteiger partial charge on any atom is 0.169 e. The van der Waals surface area contributed by atoms with Gasteiger partial charge in [0, 0.05) is 37.6 Å². The SMILES string of the molecule is NC1CCCN(c2ccncc2N2C=C(Cl)C=C3OC(N)C=C32)C1. The van der Waals surface area contributed by atoms with Crippen molar-refractivity contribution in [1.29, 1.82) is 0 Å². The van der Waals surface area contributed by atoms with E-state index in [1.165, 1.54) is 0 Å². The number of hydrogen-bond acceptors (Lipinski definition) is 6. The van der Waals surface area contributed by atoms with E-state index >= 15 is 0 Å². The summed E-state index contributed by atoms with van der Waals surface area (Å²) < 4.78 is 5.62. The zero-order chi connectivity index (χ0) is 16.7. The van der Waals surface area contributed by atoms with E-state index in [1.54, 1.807) is 12.3 Å². The topological polar surface area (TPSA) is 80.6 Å². The fourth-order valence-corrected chi connectivity index (χ4v) is 3.60. The molecule has 0 bridgehead atoms. The maximum atomic E-state index is 6.28. The highest BCUT2D eigenvalue weighted by Gasteiger charge is 2.30. The lowest BCUT2D eigenvalue weighted by atomic mass is 10.1. The molecular formula is C17H20ClN5O. The summed E-state index contributed by atoms with van der Waals surface area (Å²) in [6.45, 7) is 1.81. The lowest BCUT2D eigenvalue weighted by Crippen LogP contribution is -2.43. The molecule has 24 heavy (non-hydrogen) atoms. The number of halogens is 1. The van der Waals surface area contributed by atoms with Crippen LogP contribution in [0.4, 0.5) is 11.4 Å². The highest BCUT2D eigenvalue weighted by molar-refractivity contribution is 6.31. The molecule has 0 saturated carbocycles. The standard InChI is InChI=1S/C17H20ClN5O/c18-11-6-16-14(7-17(20)24-16)23(9-11)15-8-21-4-3-13(15)22-5-1-2-12(19)10-22/h3-4,6-9,12,17H,1-2,5,10,19-20H2. The molecule has 6 nitrogen and oxygen atoms in total. The quantitative estimate of drug-likeness (QED) is 0.853. The molecule has 1 aromatic heterocycles. The molecule has 3 aliphatic rings. The number of pyridine rings is 1. The molecule has 4 heterocycles. The number of piperidine rings is 1. The average molecular weight is 346 g/mol. The van der Waals surface area contributed by atoms with Gasteiger partial charge >= 0.3 is 0 Å². The lowest BCUT2D eigenvalue weighted by Gasteiger charge is -2.36. The van der Waals surface area contributed by atoms with Crippen LogP contribution in [0.15, 0.2) is 53.3 Å². The molecule has 4 rings (SSSR count). The number of aromatic nitrogens is 1. The molecule has 3 aliphatic heterocycles. The Morgan fingerprint density at radius 3 is 3.00 bits per heavy atom. The van der Waals surface area contributed by atoms with E-state index in [2.05, 4.69) is 9.88 Å². The van der Waals surface area contributed by atoms with Crippen LogP contribution in [-0.2, 0) is 4.74 Å². The smallest absolute Gasteiger partial charge is 0.169 e. The van der Waals surface area contributed by atoms with Crippen LogP contribution in [0.5, 0.6) is 0 Å². The van der Waals surface area contributed by atoms with Gasteiger partial charge in [0.05, 0.1) is 28.3 Å². The Kier molecular flexibility index (Phi) is 3.96. The largest absolute Gasteiger partial charge is 0.470 e. The van der Waals surface area contributed by atoms with Crippen molar-refractivity contribution in [2.24, 2.45) is 11.5 Å². The minimum atomic E-state index is -0.465. The number of hydrogen-bond donors (Lipinski definition) is 2. The third-order valence-corrected chi connectivity index (χ3v) is 4.66. The molecule has 0 radical (unpaired) electrons. The molecule has 2 atom stereocenters. The molecule has 0 amide bonds. The van der Waals surface area contributed by atoms with Crippen molar-refractivity contribution in [2.45, 2.75) is 25.1 Å². The molecule has 1 saturated heterocycles. The van der Waals surface area contributed by atoms with E-state index in [0.717, 1.165) is 43.0 Å². The van der Waals surface area contributed by atoms with Gasteiger partial charge in [-0.3, -0.25) is 10.7 Å². The van der Waals surface area contributed by atoms with Crippen molar-refractivity contribution >= 4 is 23.0 Å². The first-order valence-electron chi connectivity index (χ1n) is 8.09. The Hall–Kier alpha value is -2.02. The molecule has 1 aromatic rings. The molecule has 7 heteroatoms. The summed E-state index contributed by atoms with van der Waals surface area (Å²) in [4.78, 5) is 8.60. The van der Waals surface area contributed by atoms with Gasteiger partial charge in [0.1, 0.15) is 5.76 Å². The third-order valence-electron chi connectivity index (χ3n) is 4.45. The fraction of sp³-hybridized carbons (Fsp3) is 0.353. The number of nitrogens with zero attached hydrogens (tertiary/aromatic N) is 3. The zero-order valence-electron chi connectivity index (χ0n) is 13.2. The summed E-state index contributed by atoms with van der Waals surface area (Å²) in [5.41, 5.74) is 15.0. The first-order valence-corrected chi connectivity index (χ1v) is 8.47. The van der Waals surface area contributed by atoms with Crippen LogP contribution in [0.1, 0.15) is 12.8 Å². The van der Waals surface area contributed by atoms with Crippen molar-refractivity contribution in [3.05, 3.63) is 53.3 Å². The first kappa shape index (κ1) is 15.5. The maximum absolute atomic E-state index is 6.28. The van der Waals surface area contributed by atoms with E-state index < -0.39 is 6.23 Å². The number of rotatable bonds is 2. The Labute approximate surface area is 146 Å². The fourth-order valence-electron chi connectivity index (χ4n) is 3.40. The summed E-state index contributed by atoms with van der Waals surface area (Å²) in [7, 11) is 0. The van der Waals surface area contributed by atoms with Gasteiger partial charge in [0.25, 0.3) is 0 Å². The highest BCUT2D eigenvalue weighted by atomic mass is 35.5. The van der Waals surface area contributed by atoms with E-state index in [0.29, 0.717) is 10.8 Å². The van der Waals surface area contributed by atoms with Gasteiger partial charge in [-0.25, -0.2) is 0 Å². The van der Waals surface area contributed by atoms with Crippen LogP contribution in [-0.4, -0.2) is 30.3 Å². The van der Waals surface area contributed by atoms with Gasteiger partial charge in [-0.15, -0.1) is 0 Å². The third kappa shape index (κ3) is 2.77. The number of fused-ring (bicyclic) bond motifs is 1. The second kappa shape index (κ2) is 6.12. The van der Waals surface area contributed by atoms with Crippen molar-refractivity contribution in [2.75, 3.05) is 22.9 Å². The lowest BCUT2D eigenvalue weighted by molar-refractivity contribution is 0.186. The van der Waals surface area contributed by atoms with Gasteiger partial charge in [0.2, 0.25) is 0 Å². The molecule has 126 valence electrons. The summed E-state index contributed by atoms with van der Waals surface area (Å²) in [6, 6.07) is 2.21. The van der Waals surface area contributed by atoms with Crippen LogP contribution in [0.3, 0.4) is 0 Å². The predicted octanol–water partition coefficient (Wildman–Crippen LogP) is 1.99. The summed E-state index contributed by atoms with van der Waals surface area (Å²) in [5.74, 6) is 0.681. The van der Waals surface area contributed by atoms with Gasteiger partial charge in [-0.05, 0) is 25.0 Å². The van der Waals surface area contributed by atoms with Crippen LogP contribution in [0.2, 0.25) is 0 Å². The van der Waals surface area contributed by atoms with Crippen LogP contribution >= 0.6 is 11.6 Å². The Morgan fingerprint density at radius 1 is 1.29 bits per heavy atom. The van der Waals surface area contributed by atoms with Crippen molar-refractivity contribution < 1.29 is 4.74 Å². The Morgan fingerprint density at radius 2 is 2.17 bits per heavy atom. The van der Waals surface area contributed by atoms with Gasteiger partial charge in [-0.1, -0.05) is 11.6 Å². The molecule has 0 spiro atoms. The van der Waals surface area contributed by atoms with Crippen molar-refractivity contribution in [1.82, 2.24) is 4.98 Å². The van der Waals surface area contributed by atoms with E-state index in [4.69, 9.17) is 27.8 Å². The van der Waals surface area contributed by atoms with Crippen LogP contribution in [0.25, 0.3) is 0 Å². The second-order valence-corrected chi connectivity index (χ2v) is 6.68. The normalized spacial score (nSPS) is 26.4. The minimum Gasteiger partial charge on any atom is -0.470 e. The van der Waals surface area contributed by atoms with Crippen LogP contribution in [0, 0.1) is 0 Å². The molecule has 0 aromatic carbocycles. The summed E-state index contributed by atoms with van der Waals surface area (Å²) >= 11 is 6.28. The van der Waals surface area contributed by atoms with Crippen LogP contribution < -0.4 is 21.3 Å².